The summed E-state index contributed by atoms with van der Waals surface area (Å²) in [6, 6.07) is 4.22. The molecule has 3 aliphatic rings. The molecule has 3 unspecified atom stereocenters. The number of benzene rings is 1. The van der Waals surface area contributed by atoms with Gasteiger partial charge >= 0.3 is 0 Å². The van der Waals surface area contributed by atoms with Gasteiger partial charge in [0, 0.05) is 25.8 Å². The second-order valence-corrected chi connectivity index (χ2v) is 11.5. The molecule has 4 rings (SSSR count). The van der Waals surface area contributed by atoms with E-state index in [1.807, 2.05) is 45.9 Å². The van der Waals surface area contributed by atoms with E-state index in [0.717, 1.165) is 16.8 Å². The first-order valence-electron chi connectivity index (χ1n) is 13.4. The number of nitrogens with zero attached hydrogens (tertiary/aromatic N) is 3. The molecule has 3 fully saturated rings. The number of fused-ring (bicyclic) bond motifs is 1. The normalized spacial score (nSPS) is 32.2. The van der Waals surface area contributed by atoms with Gasteiger partial charge in [-0.25, -0.2) is 0 Å². The standard InChI is InChI=1S/C30H41N3O5/c1-9-14-31(8)26(35)22-23-27(36)33(21(6)17-34)25(30(23)16-20(5)29(22,7)38-30)28(37)32(15-10-2)24-18(3)12-11-13-19(24)4/h9-13,20-23,25,34H,1-2,14-17H2,3-8H3/t20?,21-,22+,23+,25?,29-,30?/m1/s1. The first-order chi connectivity index (χ1) is 17.9. The minimum atomic E-state index is -1.18. The van der Waals surface area contributed by atoms with Crippen molar-refractivity contribution in [2.75, 3.05) is 31.6 Å². The Morgan fingerprint density at radius 3 is 2.37 bits per heavy atom. The topological polar surface area (TPSA) is 90.4 Å². The molecule has 1 spiro atoms. The summed E-state index contributed by atoms with van der Waals surface area (Å²) in [6.07, 6.45) is 3.78. The summed E-state index contributed by atoms with van der Waals surface area (Å²) in [6.45, 7) is 17.4. The summed E-state index contributed by atoms with van der Waals surface area (Å²) in [5.74, 6) is -2.43. The highest BCUT2D eigenvalue weighted by atomic mass is 16.5. The maximum Gasteiger partial charge on any atom is 0.253 e. The molecule has 1 N–H and O–H groups in total. The number of hydrogen-bond acceptors (Lipinski definition) is 5. The van der Waals surface area contributed by atoms with Crippen molar-refractivity contribution < 1.29 is 24.2 Å². The number of amides is 3. The van der Waals surface area contributed by atoms with Gasteiger partial charge in [0.1, 0.15) is 11.6 Å². The summed E-state index contributed by atoms with van der Waals surface area (Å²) < 4.78 is 6.81. The Morgan fingerprint density at radius 1 is 1.21 bits per heavy atom. The third-order valence-corrected chi connectivity index (χ3v) is 9.06. The molecule has 1 aromatic rings. The Morgan fingerprint density at radius 2 is 1.82 bits per heavy atom. The SMILES string of the molecule is C=CCN(C)C(=O)[C@@H]1[C@H]2C(=O)N([C@H](C)CO)C(C(=O)N(CC=C)c3c(C)cccc3C)C23CC(C)[C@@]1(C)O3. The predicted octanol–water partition coefficient (Wildman–Crippen LogP) is 2.86. The zero-order valence-electron chi connectivity index (χ0n) is 23.4. The maximum atomic E-state index is 14.7. The summed E-state index contributed by atoms with van der Waals surface area (Å²) >= 11 is 0. The third-order valence-electron chi connectivity index (χ3n) is 9.06. The fraction of sp³-hybridized carbons (Fsp3) is 0.567. The van der Waals surface area contributed by atoms with E-state index in [4.69, 9.17) is 4.74 Å². The second kappa shape index (κ2) is 9.97. The van der Waals surface area contributed by atoms with Crippen molar-refractivity contribution in [2.45, 2.75) is 64.3 Å². The highest BCUT2D eigenvalue weighted by molar-refractivity contribution is 6.06. The number of likely N-dealkylation sites (N-methyl/N-ethyl adjacent to an activating group) is 1. The number of carbonyl (C=O) groups is 3. The van der Waals surface area contributed by atoms with Crippen molar-refractivity contribution in [3.8, 4) is 0 Å². The summed E-state index contributed by atoms with van der Waals surface area (Å²) in [5.41, 5.74) is 0.540. The van der Waals surface area contributed by atoms with Crippen LogP contribution < -0.4 is 4.90 Å². The van der Waals surface area contributed by atoms with Gasteiger partial charge in [0.15, 0.2) is 0 Å². The van der Waals surface area contributed by atoms with E-state index in [1.54, 1.807) is 35.9 Å². The average molecular weight is 524 g/mol. The zero-order chi connectivity index (χ0) is 28.2. The number of anilines is 1. The van der Waals surface area contributed by atoms with Crippen LogP contribution in [0.2, 0.25) is 0 Å². The number of aryl methyl sites for hydroxylation is 2. The van der Waals surface area contributed by atoms with E-state index in [9.17, 15) is 19.5 Å². The van der Waals surface area contributed by atoms with Crippen LogP contribution in [0.3, 0.4) is 0 Å². The van der Waals surface area contributed by atoms with Gasteiger partial charge < -0.3 is 24.5 Å². The van der Waals surface area contributed by atoms with Crippen LogP contribution in [0.15, 0.2) is 43.5 Å². The quantitative estimate of drug-likeness (QED) is 0.503. The van der Waals surface area contributed by atoms with Crippen LogP contribution >= 0.6 is 0 Å². The zero-order valence-corrected chi connectivity index (χ0v) is 23.4. The molecule has 3 heterocycles. The minimum Gasteiger partial charge on any atom is -0.394 e. The van der Waals surface area contributed by atoms with Gasteiger partial charge in [-0.1, -0.05) is 37.3 Å². The van der Waals surface area contributed by atoms with Crippen molar-refractivity contribution in [2.24, 2.45) is 17.8 Å². The van der Waals surface area contributed by atoms with E-state index in [-0.39, 0.29) is 36.8 Å². The molecule has 8 heteroatoms. The molecule has 38 heavy (non-hydrogen) atoms. The van der Waals surface area contributed by atoms with Crippen LogP contribution in [-0.2, 0) is 19.1 Å². The molecule has 206 valence electrons. The van der Waals surface area contributed by atoms with Crippen LogP contribution in [0.25, 0.3) is 0 Å². The van der Waals surface area contributed by atoms with Crippen LogP contribution in [0.5, 0.6) is 0 Å². The Labute approximate surface area is 225 Å². The largest absolute Gasteiger partial charge is 0.394 e. The van der Waals surface area contributed by atoms with Crippen molar-refractivity contribution >= 4 is 23.4 Å². The number of aliphatic hydroxyl groups is 1. The number of rotatable bonds is 9. The van der Waals surface area contributed by atoms with Gasteiger partial charge in [0.2, 0.25) is 11.8 Å². The fourth-order valence-corrected chi connectivity index (χ4v) is 7.21. The van der Waals surface area contributed by atoms with Crippen molar-refractivity contribution in [1.82, 2.24) is 9.80 Å². The van der Waals surface area contributed by atoms with E-state index >= 15 is 0 Å². The lowest BCUT2D eigenvalue weighted by Crippen LogP contribution is -2.59. The summed E-state index contributed by atoms with van der Waals surface area (Å²) in [5, 5.41) is 10.2. The molecule has 3 saturated heterocycles. The number of ether oxygens (including phenoxy) is 1. The van der Waals surface area contributed by atoms with Crippen LogP contribution in [-0.4, -0.2) is 82.7 Å². The predicted molar refractivity (Wildman–Crippen MR) is 146 cm³/mol. The minimum absolute atomic E-state index is 0.0645. The molecule has 0 saturated carbocycles. The third kappa shape index (κ3) is 3.83. The molecular formula is C30H41N3O5. The molecule has 0 aliphatic carbocycles. The van der Waals surface area contributed by atoms with Crippen molar-refractivity contribution in [1.29, 1.82) is 0 Å². The number of hydrogen-bond donors (Lipinski definition) is 1. The molecule has 3 amide bonds. The fourth-order valence-electron chi connectivity index (χ4n) is 7.21. The number of likely N-dealkylation sites (tertiary alicyclic amines) is 1. The molecule has 1 aromatic carbocycles. The van der Waals surface area contributed by atoms with Crippen LogP contribution in [0, 0.1) is 31.6 Å². The van der Waals surface area contributed by atoms with Gasteiger partial charge in [-0.15, -0.1) is 13.2 Å². The first-order valence-corrected chi connectivity index (χ1v) is 13.4. The summed E-state index contributed by atoms with van der Waals surface area (Å²) in [4.78, 5) is 47.4. The highest BCUT2D eigenvalue weighted by Gasteiger charge is 2.80. The van der Waals surface area contributed by atoms with Crippen molar-refractivity contribution in [3.63, 3.8) is 0 Å². The van der Waals surface area contributed by atoms with E-state index < -0.39 is 35.1 Å². The molecule has 0 aromatic heterocycles. The smallest absolute Gasteiger partial charge is 0.253 e. The van der Waals surface area contributed by atoms with Crippen LogP contribution in [0.4, 0.5) is 5.69 Å². The molecular weight excluding hydrogens is 482 g/mol. The number of aliphatic hydroxyl groups excluding tert-OH is 1. The molecule has 2 bridgehead atoms. The molecule has 0 radical (unpaired) electrons. The molecule has 8 nitrogen and oxygen atoms in total. The van der Waals surface area contributed by atoms with Gasteiger partial charge in [0.05, 0.1) is 30.1 Å². The Kier molecular flexibility index (Phi) is 7.36. The molecule has 3 aliphatic heterocycles. The lowest BCUT2D eigenvalue weighted by Gasteiger charge is -2.39. The number of para-hydroxylation sites is 1. The molecule has 7 atom stereocenters. The van der Waals surface area contributed by atoms with Gasteiger partial charge in [-0.05, 0) is 51.2 Å². The summed E-state index contributed by atoms with van der Waals surface area (Å²) in [7, 11) is 1.69. The second-order valence-electron chi connectivity index (χ2n) is 11.5. The van der Waals surface area contributed by atoms with Gasteiger partial charge in [-0.2, -0.15) is 0 Å². The first kappa shape index (κ1) is 28.0. The van der Waals surface area contributed by atoms with Gasteiger partial charge in [0.25, 0.3) is 5.91 Å². The lowest BCUT2D eigenvalue weighted by atomic mass is 9.62. The van der Waals surface area contributed by atoms with Crippen molar-refractivity contribution in [3.05, 3.63) is 54.6 Å². The lowest BCUT2D eigenvalue weighted by molar-refractivity contribution is -0.152. The van der Waals surface area contributed by atoms with Gasteiger partial charge in [-0.3, -0.25) is 14.4 Å². The maximum absolute atomic E-state index is 14.7. The Bertz CT molecular complexity index is 1150. The Hall–Kier alpha value is -2.97. The Balaban J connectivity index is 1.89. The number of carbonyl (C=O) groups excluding carboxylic acids is 3. The van der Waals surface area contributed by atoms with Crippen LogP contribution in [0.1, 0.15) is 38.3 Å². The van der Waals surface area contributed by atoms with E-state index in [0.29, 0.717) is 13.0 Å². The highest BCUT2D eigenvalue weighted by Crippen LogP contribution is 2.65. The monoisotopic (exact) mass is 523 g/mol. The van der Waals surface area contributed by atoms with E-state index in [2.05, 4.69) is 13.2 Å². The van der Waals surface area contributed by atoms with E-state index in [1.165, 1.54) is 4.90 Å². The average Bonchev–Trinajstić information content (AvgIpc) is 3.38.